The van der Waals surface area contributed by atoms with Crippen molar-refractivity contribution in [1.29, 1.82) is 0 Å². The summed E-state index contributed by atoms with van der Waals surface area (Å²) in [4.78, 5) is 56.5. The Labute approximate surface area is 412 Å². The molecule has 3 aliphatic rings. The lowest BCUT2D eigenvalue weighted by atomic mass is 9.80. The lowest BCUT2D eigenvalue weighted by molar-refractivity contribution is -0.357. The molecule has 70 heavy (non-hydrogen) atoms. The molecule has 3 rings (SSSR count). The van der Waals surface area contributed by atoms with E-state index in [0.717, 1.165) is 0 Å². The third-order valence-corrected chi connectivity index (χ3v) is 12.0. The Hall–Kier alpha value is -3.17. The number of hydrogen-bond acceptors (Lipinski definition) is 23. The highest BCUT2D eigenvalue weighted by atomic mass is 16.8. The minimum Gasteiger partial charge on any atom is -0.463 e. The molecule has 0 radical (unpaired) electrons. The van der Waals surface area contributed by atoms with Crippen LogP contribution in [0.4, 0.5) is 0 Å². The lowest BCUT2D eigenvalue weighted by Gasteiger charge is -2.49. The highest BCUT2D eigenvalue weighted by Gasteiger charge is 2.55. The summed E-state index contributed by atoms with van der Waals surface area (Å²) < 4.78 is 75.9. The van der Waals surface area contributed by atoms with E-state index in [0.29, 0.717) is 46.2 Å². The molecule has 0 aromatic rings. The quantitative estimate of drug-likeness (QED) is 0.0607. The van der Waals surface area contributed by atoms with Gasteiger partial charge in [0.05, 0.1) is 71.7 Å². The number of hydrogen-bond donors (Lipinski definition) is 4. The van der Waals surface area contributed by atoms with Crippen LogP contribution < -0.4 is 0 Å². The van der Waals surface area contributed by atoms with Gasteiger partial charge in [0.1, 0.15) is 37.6 Å². The molecular weight excluding hydrogens is 932 g/mol. The fraction of sp³-hybridized carbons (Fsp3) is 0.894. The number of aliphatic hydroxyl groups is 4. The molecule has 0 aromatic heterocycles. The van der Waals surface area contributed by atoms with Gasteiger partial charge in [-0.3, -0.25) is 24.0 Å². The van der Waals surface area contributed by atoms with Crippen molar-refractivity contribution >= 4 is 29.8 Å². The van der Waals surface area contributed by atoms with E-state index in [4.69, 9.17) is 71.4 Å². The van der Waals surface area contributed by atoms with E-state index >= 15 is 0 Å². The maximum Gasteiger partial charge on any atom is 0.305 e. The molecule has 0 bridgehead atoms. The summed E-state index contributed by atoms with van der Waals surface area (Å²) >= 11 is 0. The Kier molecular flexibility index (Phi) is 29.7. The fourth-order valence-corrected chi connectivity index (χ4v) is 7.93. The van der Waals surface area contributed by atoms with Gasteiger partial charge >= 0.3 is 29.8 Å². The topological polar surface area (TPSA) is 295 Å². The van der Waals surface area contributed by atoms with Crippen molar-refractivity contribution in [2.24, 2.45) is 23.7 Å². The summed E-state index contributed by atoms with van der Waals surface area (Å²) in [5.74, 6) is -6.57. The zero-order valence-corrected chi connectivity index (χ0v) is 43.7. The molecular formula is C47H84O23. The number of ether oxygens (including phenoxy) is 14. The second-order valence-corrected chi connectivity index (χ2v) is 17.6. The molecule has 15 atom stereocenters. The van der Waals surface area contributed by atoms with Crippen LogP contribution in [0.5, 0.6) is 0 Å². The highest BCUT2D eigenvalue weighted by molar-refractivity contribution is 5.68. The van der Waals surface area contributed by atoms with E-state index in [-0.39, 0.29) is 68.8 Å². The summed E-state index contributed by atoms with van der Waals surface area (Å²) in [7, 11) is 0. The van der Waals surface area contributed by atoms with Crippen LogP contribution in [0.15, 0.2) is 0 Å². The zero-order chi connectivity index (χ0) is 53.4. The van der Waals surface area contributed by atoms with Gasteiger partial charge in [0, 0.05) is 66.6 Å². The van der Waals surface area contributed by atoms with Crippen molar-refractivity contribution in [3.63, 3.8) is 0 Å². The van der Waals surface area contributed by atoms with E-state index in [1.807, 2.05) is 41.5 Å². The summed E-state index contributed by atoms with van der Waals surface area (Å²) in [5, 5.41) is 38.5. The smallest absolute Gasteiger partial charge is 0.305 e. The second-order valence-electron chi connectivity index (χ2n) is 17.6. The number of esters is 5. The van der Waals surface area contributed by atoms with Crippen molar-refractivity contribution in [2.45, 2.75) is 163 Å². The Morgan fingerprint density at radius 3 is 1.23 bits per heavy atom. The van der Waals surface area contributed by atoms with Crippen molar-refractivity contribution in [1.82, 2.24) is 0 Å². The minimum atomic E-state index is -1.52. The Balaban J connectivity index is 0.000000530. The van der Waals surface area contributed by atoms with E-state index < -0.39 is 90.6 Å². The largest absolute Gasteiger partial charge is 0.463 e. The maximum atomic E-state index is 11.6. The normalized spacial score (nSPS) is 33.8. The van der Waals surface area contributed by atoms with Crippen molar-refractivity contribution < 1.29 is 111 Å². The highest BCUT2D eigenvalue weighted by Crippen LogP contribution is 2.41. The Morgan fingerprint density at radius 1 is 0.471 bits per heavy atom. The van der Waals surface area contributed by atoms with Crippen LogP contribution in [-0.2, 0) is 90.3 Å². The van der Waals surface area contributed by atoms with Crippen molar-refractivity contribution in [3.05, 3.63) is 0 Å². The molecule has 410 valence electrons. The molecule has 0 amide bonds. The first-order chi connectivity index (χ1) is 32.7. The molecule has 0 spiro atoms. The van der Waals surface area contributed by atoms with E-state index in [1.54, 1.807) is 13.8 Å². The van der Waals surface area contributed by atoms with E-state index in [1.165, 1.54) is 41.5 Å². The van der Waals surface area contributed by atoms with Gasteiger partial charge in [-0.25, -0.2) is 0 Å². The van der Waals surface area contributed by atoms with Crippen LogP contribution in [-0.4, -0.2) is 202 Å². The Bertz CT molecular complexity index is 1550. The molecule has 4 N–H and O–H groups in total. The molecule has 23 nitrogen and oxygen atoms in total. The molecule has 3 aliphatic heterocycles. The summed E-state index contributed by atoms with van der Waals surface area (Å²) in [5.41, 5.74) is 0. The predicted octanol–water partition coefficient (Wildman–Crippen LogP) is 1.62. The lowest BCUT2D eigenvalue weighted by Crippen LogP contribution is -2.65. The Morgan fingerprint density at radius 2 is 0.843 bits per heavy atom. The molecule has 6 unspecified atom stereocenters. The average molecular weight is 1020 g/mol. The molecule has 23 heteroatoms. The first-order valence-corrected chi connectivity index (χ1v) is 23.8. The maximum absolute atomic E-state index is 11.6. The first kappa shape index (κ1) is 64.8. The van der Waals surface area contributed by atoms with Crippen LogP contribution in [0.1, 0.15) is 96.9 Å². The second kappa shape index (κ2) is 32.1. The van der Waals surface area contributed by atoms with Gasteiger partial charge in [0.15, 0.2) is 18.0 Å². The first-order valence-electron chi connectivity index (χ1n) is 23.8. The summed E-state index contributed by atoms with van der Waals surface area (Å²) in [6, 6.07) is 0. The molecule has 3 heterocycles. The van der Waals surface area contributed by atoms with Gasteiger partial charge in [0.2, 0.25) is 11.6 Å². The van der Waals surface area contributed by atoms with Gasteiger partial charge in [-0.2, -0.15) is 0 Å². The van der Waals surface area contributed by atoms with E-state index in [2.05, 4.69) is 0 Å². The number of aliphatic hydroxyl groups excluding tert-OH is 4. The monoisotopic (exact) mass is 1020 g/mol. The molecule has 3 fully saturated rings. The van der Waals surface area contributed by atoms with Crippen LogP contribution in [0, 0.1) is 23.7 Å². The van der Waals surface area contributed by atoms with Gasteiger partial charge in [-0.15, -0.1) is 0 Å². The standard InChI is InChI=1S/C19H34O8.C15H24O7.C13H26O8/c1-7-22-8-9-23-10-11-25-19(6)18(26-16(5)21)14(3)13(2)17(27-19)12-24-15(4)20;1-8-9(2)14(20-11(4)17)15(6,21-12(5)18)22-13(8)7-19-10(3)16;1-3-18-4-5-19-6-7-20-13(2)12(17)11(16)10(15)9(8-14)21-13/h13-14,17-18H,7-12H2,1-6H3;8-9,13-14H,7H2,1-6H3;9-12,14-17H,3-8H2,1-2H3/t13-,14-,17?,18?,19-;8-,9-,13?,14?,15-;9?,10-,11+,12?,13+/m001/s1. The third-order valence-electron chi connectivity index (χ3n) is 12.0. The van der Waals surface area contributed by atoms with Crippen molar-refractivity contribution in [2.75, 3.05) is 85.9 Å². The van der Waals surface area contributed by atoms with Gasteiger partial charge < -0.3 is 86.7 Å². The summed E-state index contributed by atoms with van der Waals surface area (Å²) in [6.07, 6.45) is -7.43. The van der Waals surface area contributed by atoms with Crippen LogP contribution in [0.25, 0.3) is 0 Å². The minimum absolute atomic E-state index is 0.00724. The summed E-state index contributed by atoms with van der Waals surface area (Å²) in [6.45, 7) is 26.7. The fourth-order valence-electron chi connectivity index (χ4n) is 7.93. The van der Waals surface area contributed by atoms with E-state index in [9.17, 15) is 39.3 Å². The van der Waals surface area contributed by atoms with Crippen LogP contribution >= 0.6 is 0 Å². The van der Waals surface area contributed by atoms with Gasteiger partial charge in [-0.05, 0) is 39.5 Å². The number of carbonyl (C=O) groups excluding carboxylic acids is 5. The average Bonchev–Trinajstić information content (AvgIpc) is 3.28. The van der Waals surface area contributed by atoms with Gasteiger partial charge in [0.25, 0.3) is 0 Å². The molecule has 0 aliphatic carbocycles. The number of rotatable bonds is 24. The van der Waals surface area contributed by atoms with Crippen LogP contribution in [0.3, 0.4) is 0 Å². The third kappa shape index (κ3) is 21.5. The van der Waals surface area contributed by atoms with Crippen LogP contribution in [0.2, 0.25) is 0 Å². The predicted molar refractivity (Wildman–Crippen MR) is 244 cm³/mol. The van der Waals surface area contributed by atoms with Gasteiger partial charge in [-0.1, -0.05) is 27.7 Å². The molecule has 0 aromatic carbocycles. The van der Waals surface area contributed by atoms with Crippen molar-refractivity contribution in [3.8, 4) is 0 Å². The molecule has 0 saturated carbocycles. The SMILES string of the molecule is CC(=O)OCC1O[C@](C)(OC(C)=O)C(OC(C)=O)[C@@H](C)[C@@H]1C.CCOCCOCCO[C@@]1(C)OC(CO)[C@@H](O)[C@H](O)C1O.CCOCCOCCO[C@@]1(C)OC(COC(C)=O)[C@@H](C)[C@H](C)C1OC(C)=O. The zero-order valence-electron chi connectivity index (χ0n) is 43.7. The number of carbonyl (C=O) groups is 5. The molecule has 3 saturated heterocycles.